The first-order valence-electron chi connectivity index (χ1n) is 50.9. The van der Waals surface area contributed by atoms with Crippen LogP contribution in [0.3, 0.4) is 0 Å². The monoisotopic (exact) mass is 1640 g/mol. The molecule has 0 spiro atoms. The molecule has 0 heterocycles. The summed E-state index contributed by atoms with van der Waals surface area (Å²) in [5, 5.41) is 6.30. The first-order chi connectivity index (χ1) is 56.1. The topological polar surface area (TPSA) is 170 Å². The molecule has 0 radical (unpaired) electrons. The van der Waals surface area contributed by atoms with Crippen LogP contribution in [0.15, 0.2) is 0 Å². The predicted octanol–water partition coefficient (Wildman–Crippen LogP) is 28.8. The second-order valence-corrected chi connectivity index (χ2v) is 37.9. The van der Waals surface area contributed by atoms with Gasteiger partial charge in [-0.05, 0) is 209 Å². The van der Waals surface area contributed by atoms with Gasteiger partial charge in [-0.1, -0.05) is 325 Å². The fraction of sp³-hybridized carbons (Fsp3) is 0.941. The zero-order valence-corrected chi connectivity index (χ0v) is 79.8. The van der Waals surface area contributed by atoms with E-state index in [4.69, 9.17) is 18.9 Å². The fourth-order valence-corrected chi connectivity index (χ4v) is 16.3. The van der Waals surface area contributed by atoms with Gasteiger partial charge in [0.1, 0.15) is 24.4 Å². The first kappa shape index (κ1) is 113. The van der Waals surface area contributed by atoms with Gasteiger partial charge in [-0.15, -0.1) is 0 Å². The molecule has 0 aromatic heterocycles. The molecular formula is C102H198N4O10. The Bertz CT molecular complexity index is 2230. The smallest absolute Gasteiger partial charge is 0.311 e. The minimum atomic E-state index is -0.576. The minimum absolute atomic E-state index is 0.00435. The Balaban J connectivity index is 5.91. The van der Waals surface area contributed by atoms with E-state index in [2.05, 4.69) is 104 Å². The lowest BCUT2D eigenvalue weighted by Crippen LogP contribution is -2.38. The lowest BCUT2D eigenvalue weighted by atomic mass is 9.86. The molecule has 2 unspecified atom stereocenters. The van der Waals surface area contributed by atoms with E-state index in [1.165, 1.54) is 218 Å². The van der Waals surface area contributed by atoms with Crippen molar-refractivity contribution in [1.29, 1.82) is 0 Å². The number of carbonyl (C=O) groups excluding carboxylic acids is 6. The molecule has 2 amide bonds. The average Bonchev–Trinajstić information content (AvgIpc) is 0.882. The van der Waals surface area contributed by atoms with Crippen molar-refractivity contribution in [2.24, 2.45) is 16.2 Å². The molecular weight excluding hydrogens is 1440 g/mol. The van der Waals surface area contributed by atoms with Gasteiger partial charge in [0.15, 0.2) is 0 Å². The molecule has 0 bridgehead atoms. The number of hydrogen-bond donors (Lipinski definition) is 2. The van der Waals surface area contributed by atoms with Gasteiger partial charge in [0.05, 0.1) is 16.2 Å². The van der Waals surface area contributed by atoms with Crippen molar-refractivity contribution < 1.29 is 47.7 Å². The Morgan fingerprint density at radius 2 is 0.457 bits per heavy atom. The third kappa shape index (κ3) is 68.3. The van der Waals surface area contributed by atoms with Gasteiger partial charge < -0.3 is 39.4 Å². The van der Waals surface area contributed by atoms with Crippen molar-refractivity contribution in [3.8, 4) is 0 Å². The fourth-order valence-electron chi connectivity index (χ4n) is 16.3. The van der Waals surface area contributed by atoms with E-state index >= 15 is 0 Å². The highest BCUT2D eigenvalue weighted by Gasteiger charge is 2.34. The SMILES string of the molecule is CCCCCCCCCCC(CC)OC(=O)CCCCCN(CCCCCCC(C)(C)C(=O)OC(CCCCCCCC)CCCCCCCC)CCNC(=O)CCC(=O)NCCN(CCCCCCC(C)(C)C(=O)OC(CCCCCCCC)CCCCCCCC)CCCCC(C)(C)C(=O)OC(CC)CCCCCCCCCC. The number of amides is 2. The molecule has 116 heavy (non-hydrogen) atoms. The van der Waals surface area contributed by atoms with Crippen LogP contribution in [0.25, 0.3) is 0 Å². The Morgan fingerprint density at radius 1 is 0.241 bits per heavy atom. The molecule has 0 aliphatic rings. The summed E-state index contributed by atoms with van der Waals surface area (Å²) in [4.78, 5) is 86.2. The van der Waals surface area contributed by atoms with Crippen LogP contribution in [-0.2, 0) is 47.7 Å². The first-order valence-corrected chi connectivity index (χ1v) is 50.9. The van der Waals surface area contributed by atoms with Gasteiger partial charge in [-0.3, -0.25) is 28.8 Å². The second-order valence-electron chi connectivity index (χ2n) is 37.9. The van der Waals surface area contributed by atoms with Gasteiger partial charge >= 0.3 is 23.9 Å². The van der Waals surface area contributed by atoms with Crippen molar-refractivity contribution >= 4 is 35.7 Å². The Labute approximate surface area is 720 Å². The summed E-state index contributed by atoms with van der Waals surface area (Å²) in [6, 6.07) is 0. The number of nitrogens with one attached hydrogen (secondary N) is 2. The third-order valence-corrected chi connectivity index (χ3v) is 25.0. The molecule has 0 aliphatic heterocycles. The molecule has 0 rings (SSSR count). The van der Waals surface area contributed by atoms with Crippen LogP contribution in [0.4, 0.5) is 0 Å². The van der Waals surface area contributed by atoms with Gasteiger partial charge in [0, 0.05) is 45.4 Å². The van der Waals surface area contributed by atoms with Gasteiger partial charge in [0.25, 0.3) is 0 Å². The molecule has 0 saturated heterocycles. The van der Waals surface area contributed by atoms with E-state index in [1.54, 1.807) is 0 Å². The lowest BCUT2D eigenvalue weighted by Gasteiger charge is -2.27. The van der Waals surface area contributed by atoms with Crippen molar-refractivity contribution in [3.05, 3.63) is 0 Å². The van der Waals surface area contributed by atoms with E-state index in [0.717, 1.165) is 219 Å². The van der Waals surface area contributed by atoms with E-state index in [1.807, 2.05) is 13.8 Å². The maximum absolute atomic E-state index is 13.9. The summed E-state index contributed by atoms with van der Waals surface area (Å²) in [6.07, 6.45) is 73.2. The summed E-state index contributed by atoms with van der Waals surface area (Å²) in [5.74, 6) is -0.491. The van der Waals surface area contributed by atoms with Crippen LogP contribution in [0, 0.1) is 16.2 Å². The summed E-state index contributed by atoms with van der Waals surface area (Å²) in [7, 11) is 0. The number of esters is 4. The zero-order chi connectivity index (χ0) is 85.7. The van der Waals surface area contributed by atoms with Crippen LogP contribution in [0.2, 0.25) is 0 Å². The minimum Gasteiger partial charge on any atom is -0.462 e. The molecule has 2 N–H and O–H groups in total. The number of hydrogen-bond acceptors (Lipinski definition) is 12. The normalized spacial score (nSPS) is 12.7. The predicted molar refractivity (Wildman–Crippen MR) is 494 cm³/mol. The van der Waals surface area contributed by atoms with Crippen LogP contribution in [0.1, 0.15) is 527 Å². The Morgan fingerprint density at radius 3 is 0.741 bits per heavy atom. The number of ether oxygens (including phenoxy) is 4. The molecule has 0 aliphatic carbocycles. The maximum atomic E-state index is 13.9. The van der Waals surface area contributed by atoms with Crippen molar-refractivity contribution in [2.45, 2.75) is 552 Å². The van der Waals surface area contributed by atoms with Crippen molar-refractivity contribution in [2.75, 3.05) is 52.4 Å². The van der Waals surface area contributed by atoms with Crippen LogP contribution < -0.4 is 10.6 Å². The van der Waals surface area contributed by atoms with Crippen LogP contribution in [-0.4, -0.2) is 122 Å². The highest BCUT2D eigenvalue weighted by atomic mass is 16.6. The molecule has 0 saturated carbocycles. The quantitative estimate of drug-likeness (QED) is 0.0336. The number of unbranched alkanes of at least 4 members (excludes halogenated alkanes) is 43. The summed E-state index contributed by atoms with van der Waals surface area (Å²) >= 11 is 0. The number of nitrogens with zero attached hydrogens (tertiary/aromatic N) is 2. The zero-order valence-electron chi connectivity index (χ0n) is 79.8. The Hall–Kier alpha value is -3.26. The molecule has 686 valence electrons. The largest absolute Gasteiger partial charge is 0.462 e. The summed E-state index contributed by atoms with van der Waals surface area (Å²) in [5.41, 5.74) is -1.64. The lowest BCUT2D eigenvalue weighted by molar-refractivity contribution is -0.161. The van der Waals surface area contributed by atoms with E-state index in [9.17, 15) is 28.8 Å². The van der Waals surface area contributed by atoms with Crippen LogP contribution in [0.5, 0.6) is 0 Å². The molecule has 14 heteroatoms. The molecule has 0 fully saturated rings. The summed E-state index contributed by atoms with van der Waals surface area (Å²) < 4.78 is 24.9. The van der Waals surface area contributed by atoms with Gasteiger partial charge in [-0.2, -0.15) is 0 Å². The van der Waals surface area contributed by atoms with E-state index in [-0.39, 0.29) is 72.9 Å². The van der Waals surface area contributed by atoms with Crippen molar-refractivity contribution in [3.63, 3.8) is 0 Å². The number of carbonyl (C=O) groups is 6. The van der Waals surface area contributed by atoms with E-state index in [0.29, 0.717) is 32.6 Å². The molecule has 14 nitrogen and oxygen atoms in total. The maximum Gasteiger partial charge on any atom is 0.311 e. The van der Waals surface area contributed by atoms with Crippen molar-refractivity contribution in [1.82, 2.24) is 20.4 Å². The standard InChI is InChI=1S/C102H198N4O10/c1-15-23-29-35-41-43-49-56-70-90(21-7)113-96(109)76-62-55-68-86-105(84-66-53-51-63-79-100(9,10)98(111)115-92(72-58-45-37-31-25-17-3)73-59-46-38-32-26-18-4)88-82-103-94(107)77-78-95(108)104-83-89-106(87-69-65-81-102(13,14)97(110)114-91(22-8)71-57-50-44-42-36-30-24-16-2)85-67-54-52-64-80-101(11,12)99(112)116-93(74-60-47-39-33-27-19-5)75-61-48-40-34-28-20-6/h90-93H,15-89H2,1-14H3,(H,103,107)(H,104,108). The van der Waals surface area contributed by atoms with E-state index < -0.39 is 16.2 Å². The average molecular weight is 1640 g/mol. The number of rotatable bonds is 89. The molecule has 0 aromatic rings. The highest BCUT2D eigenvalue weighted by Crippen LogP contribution is 2.32. The molecule has 2 atom stereocenters. The summed E-state index contributed by atoms with van der Waals surface area (Å²) in [6.45, 7) is 36.1. The van der Waals surface area contributed by atoms with Crippen LogP contribution >= 0.6 is 0 Å². The second kappa shape index (κ2) is 79.0. The Kier molecular flexibility index (Phi) is 76.7. The third-order valence-electron chi connectivity index (χ3n) is 25.0. The molecule has 0 aromatic carbocycles. The van der Waals surface area contributed by atoms with Gasteiger partial charge in [0.2, 0.25) is 11.8 Å². The highest BCUT2D eigenvalue weighted by molar-refractivity contribution is 5.83. The van der Waals surface area contributed by atoms with Gasteiger partial charge in [-0.25, -0.2) is 0 Å².